The summed E-state index contributed by atoms with van der Waals surface area (Å²) < 4.78 is 6.96. The summed E-state index contributed by atoms with van der Waals surface area (Å²) in [5.41, 5.74) is 4.32. The minimum absolute atomic E-state index is 0.0770. The second-order valence-corrected chi connectivity index (χ2v) is 5.34. The Morgan fingerprint density at radius 3 is 2.76 bits per heavy atom. The number of hydrogen-bond donors (Lipinski definition) is 2. The van der Waals surface area contributed by atoms with Crippen molar-refractivity contribution >= 4 is 17.0 Å². The summed E-state index contributed by atoms with van der Waals surface area (Å²) in [6, 6.07) is 14.6. The number of rotatable bonds is 3. The third-order valence-electron chi connectivity index (χ3n) is 3.70. The highest BCUT2D eigenvalue weighted by molar-refractivity contribution is 5.99. The first kappa shape index (κ1) is 14.8. The molecule has 0 saturated carbocycles. The Kier molecular flexibility index (Phi) is 3.59. The average Bonchev–Trinajstić information content (AvgIpc) is 3.11. The van der Waals surface area contributed by atoms with Gasteiger partial charge in [-0.1, -0.05) is 30.3 Å². The maximum atomic E-state index is 12.2. The van der Waals surface area contributed by atoms with Crippen LogP contribution in [0.4, 0.5) is 0 Å². The van der Waals surface area contributed by atoms with Crippen LogP contribution in [-0.4, -0.2) is 20.6 Å². The van der Waals surface area contributed by atoms with Crippen molar-refractivity contribution in [1.82, 2.24) is 14.6 Å². The van der Waals surface area contributed by atoms with Crippen LogP contribution in [-0.2, 0) is 0 Å². The van der Waals surface area contributed by atoms with E-state index in [0.29, 0.717) is 22.4 Å². The van der Waals surface area contributed by atoms with Gasteiger partial charge in [0.1, 0.15) is 12.1 Å². The van der Waals surface area contributed by atoms with Crippen LogP contribution in [0.5, 0.6) is 0 Å². The third kappa shape index (κ3) is 2.78. The zero-order valence-corrected chi connectivity index (χ0v) is 13.0. The number of furan rings is 1. The first-order valence-electron chi connectivity index (χ1n) is 7.55. The van der Waals surface area contributed by atoms with Crippen molar-refractivity contribution in [1.29, 1.82) is 5.41 Å². The highest BCUT2D eigenvalue weighted by Crippen LogP contribution is 2.24. The Morgan fingerprint density at radius 2 is 2.00 bits per heavy atom. The van der Waals surface area contributed by atoms with Gasteiger partial charge in [-0.2, -0.15) is 0 Å². The molecule has 3 heterocycles. The summed E-state index contributed by atoms with van der Waals surface area (Å²) in [4.78, 5) is 20.3. The Balaban J connectivity index is 1.71. The number of amides is 1. The first-order chi connectivity index (χ1) is 12.2. The van der Waals surface area contributed by atoms with Crippen LogP contribution in [0.15, 0.2) is 71.7 Å². The van der Waals surface area contributed by atoms with Crippen molar-refractivity contribution in [2.45, 2.75) is 0 Å². The van der Waals surface area contributed by atoms with E-state index in [4.69, 9.17) is 9.83 Å². The summed E-state index contributed by atoms with van der Waals surface area (Å²) in [7, 11) is 0. The van der Waals surface area contributed by atoms with Crippen LogP contribution in [0.1, 0.15) is 10.4 Å². The predicted octanol–water partition coefficient (Wildman–Crippen LogP) is 2.55. The van der Waals surface area contributed by atoms with Gasteiger partial charge in [-0.05, 0) is 18.2 Å². The minimum Gasteiger partial charge on any atom is -0.438 e. The van der Waals surface area contributed by atoms with Crippen molar-refractivity contribution in [3.63, 3.8) is 0 Å². The number of nitrogens with one attached hydrogen (secondary N) is 2. The van der Waals surface area contributed by atoms with E-state index in [1.54, 1.807) is 24.4 Å². The molecule has 1 aromatic carbocycles. The van der Waals surface area contributed by atoms with Gasteiger partial charge < -0.3 is 4.42 Å². The monoisotopic (exact) mass is 331 g/mol. The van der Waals surface area contributed by atoms with Gasteiger partial charge in [0.25, 0.3) is 5.91 Å². The van der Waals surface area contributed by atoms with E-state index in [1.807, 2.05) is 30.3 Å². The van der Waals surface area contributed by atoms with Gasteiger partial charge >= 0.3 is 0 Å². The lowest BCUT2D eigenvalue weighted by atomic mass is 10.2. The van der Waals surface area contributed by atoms with Crippen LogP contribution in [0, 0.1) is 5.41 Å². The largest absolute Gasteiger partial charge is 0.438 e. The quantitative estimate of drug-likeness (QED) is 0.603. The van der Waals surface area contributed by atoms with Gasteiger partial charge in [0.05, 0.1) is 10.9 Å². The molecule has 0 aliphatic rings. The lowest BCUT2D eigenvalue weighted by Crippen LogP contribution is -2.33. The second kappa shape index (κ2) is 6.04. The van der Waals surface area contributed by atoms with Crippen LogP contribution < -0.4 is 10.9 Å². The highest BCUT2D eigenvalue weighted by Gasteiger charge is 2.12. The van der Waals surface area contributed by atoms with Gasteiger partial charge in [-0.15, -0.1) is 0 Å². The standard InChI is InChI=1S/C18H13N5O2/c19-16-14-9-15(12-5-2-1-3-6-12)25-18(14)21-11-23(16)22-17(24)13-7-4-8-20-10-13/h1-11,19H,(H,22,24). The van der Waals surface area contributed by atoms with E-state index in [2.05, 4.69) is 15.4 Å². The molecule has 3 aromatic heterocycles. The smallest absolute Gasteiger partial charge is 0.271 e. The van der Waals surface area contributed by atoms with Crippen molar-refractivity contribution in [3.05, 3.63) is 78.3 Å². The van der Waals surface area contributed by atoms with Gasteiger partial charge in [0.2, 0.25) is 5.71 Å². The molecule has 0 aliphatic heterocycles. The van der Waals surface area contributed by atoms with Crippen molar-refractivity contribution in [3.8, 4) is 11.3 Å². The molecule has 4 rings (SSSR count). The van der Waals surface area contributed by atoms with E-state index < -0.39 is 0 Å². The van der Waals surface area contributed by atoms with Gasteiger partial charge in [0, 0.05) is 18.0 Å². The molecule has 0 unspecified atom stereocenters. The number of nitrogens with zero attached hydrogens (tertiary/aromatic N) is 3. The van der Waals surface area contributed by atoms with Crippen LogP contribution in [0.2, 0.25) is 0 Å². The maximum absolute atomic E-state index is 12.2. The molecule has 0 bridgehead atoms. The van der Waals surface area contributed by atoms with Crippen molar-refractivity contribution < 1.29 is 9.21 Å². The zero-order valence-electron chi connectivity index (χ0n) is 13.0. The number of pyridine rings is 1. The van der Waals surface area contributed by atoms with E-state index in [9.17, 15) is 4.79 Å². The van der Waals surface area contributed by atoms with Gasteiger partial charge in [-0.3, -0.25) is 20.6 Å². The molecule has 4 aromatic rings. The molecule has 0 fully saturated rings. The first-order valence-corrected chi connectivity index (χ1v) is 7.55. The number of fused-ring (bicyclic) bond motifs is 1. The highest BCUT2D eigenvalue weighted by atomic mass is 16.3. The van der Waals surface area contributed by atoms with Gasteiger partial charge in [-0.25, -0.2) is 9.66 Å². The summed E-state index contributed by atoms with van der Waals surface area (Å²) in [6.45, 7) is 0. The fourth-order valence-electron chi connectivity index (χ4n) is 2.45. The minimum atomic E-state index is -0.375. The SMILES string of the molecule is N=c1c2cc(-c3ccccc3)oc2ncn1NC(=O)c1cccnc1. The molecule has 2 N–H and O–H groups in total. The topological polar surface area (TPSA) is 96.8 Å². The molecule has 122 valence electrons. The number of carbonyl (C=O) groups excluding carboxylic acids is 1. The predicted molar refractivity (Wildman–Crippen MR) is 91.2 cm³/mol. The Bertz CT molecular complexity index is 1100. The molecule has 0 saturated heterocycles. The molecule has 7 nitrogen and oxygen atoms in total. The number of aromatic nitrogens is 3. The Morgan fingerprint density at radius 1 is 1.16 bits per heavy atom. The van der Waals surface area contributed by atoms with Crippen molar-refractivity contribution in [2.24, 2.45) is 0 Å². The molecule has 0 aliphatic carbocycles. The number of benzene rings is 1. The van der Waals surface area contributed by atoms with Crippen molar-refractivity contribution in [2.75, 3.05) is 5.43 Å². The molecule has 0 atom stereocenters. The molecule has 25 heavy (non-hydrogen) atoms. The normalized spacial score (nSPS) is 10.7. The number of carbonyl (C=O) groups is 1. The lowest BCUT2D eigenvalue weighted by Gasteiger charge is -2.08. The number of hydrogen-bond acceptors (Lipinski definition) is 5. The fraction of sp³-hybridized carbons (Fsp3) is 0. The summed E-state index contributed by atoms with van der Waals surface area (Å²) in [5.74, 6) is 0.243. The van der Waals surface area contributed by atoms with Crippen LogP contribution in [0.25, 0.3) is 22.4 Å². The van der Waals surface area contributed by atoms with E-state index in [1.165, 1.54) is 17.2 Å². The summed E-state index contributed by atoms with van der Waals surface area (Å²) in [6.07, 6.45) is 4.39. The second-order valence-electron chi connectivity index (χ2n) is 5.34. The van der Waals surface area contributed by atoms with Gasteiger partial charge in [0.15, 0.2) is 5.49 Å². The third-order valence-corrected chi connectivity index (χ3v) is 3.70. The van der Waals surface area contributed by atoms with Crippen LogP contribution >= 0.6 is 0 Å². The summed E-state index contributed by atoms with van der Waals surface area (Å²) >= 11 is 0. The molecule has 0 radical (unpaired) electrons. The van der Waals surface area contributed by atoms with E-state index in [0.717, 1.165) is 5.56 Å². The maximum Gasteiger partial charge on any atom is 0.271 e. The molecule has 0 spiro atoms. The fourth-order valence-corrected chi connectivity index (χ4v) is 2.45. The van der Waals surface area contributed by atoms with E-state index in [-0.39, 0.29) is 11.4 Å². The molecular formula is C18H13N5O2. The molecular weight excluding hydrogens is 318 g/mol. The molecule has 1 amide bonds. The van der Waals surface area contributed by atoms with E-state index >= 15 is 0 Å². The zero-order chi connectivity index (χ0) is 17.2. The van der Waals surface area contributed by atoms with Crippen LogP contribution in [0.3, 0.4) is 0 Å². The Labute approximate surface area is 142 Å². The average molecular weight is 331 g/mol. The summed E-state index contributed by atoms with van der Waals surface area (Å²) in [5, 5.41) is 8.81. The Hall–Kier alpha value is -3.74. The lowest BCUT2D eigenvalue weighted by molar-refractivity contribution is 0.101. The molecule has 7 heteroatoms.